The average molecular weight is 505 g/mol. The number of fused-ring (bicyclic) bond motifs is 4. The lowest BCUT2D eigenvalue weighted by Gasteiger charge is -2.58. The monoisotopic (exact) mass is 504 g/mol. The summed E-state index contributed by atoms with van der Waals surface area (Å²) in [5.74, 6) is 1.61. The van der Waals surface area contributed by atoms with Crippen molar-refractivity contribution >= 4 is 16.6 Å². The lowest BCUT2D eigenvalue weighted by molar-refractivity contribution is -0.984. The summed E-state index contributed by atoms with van der Waals surface area (Å²) in [5.41, 5.74) is 3.53. The topological polar surface area (TPSA) is 94.7 Å². The van der Waals surface area contributed by atoms with Crippen LogP contribution in [0.25, 0.3) is 10.9 Å². The Hall–Kier alpha value is -3.49. The molecule has 3 aliphatic rings. The van der Waals surface area contributed by atoms with E-state index in [0.717, 1.165) is 48.0 Å². The molecule has 194 valence electrons. The third kappa shape index (κ3) is 4.34. The molecule has 1 N–H and O–H groups in total. The molecule has 8 heteroatoms. The van der Waals surface area contributed by atoms with Crippen molar-refractivity contribution in [2.24, 2.45) is 11.8 Å². The summed E-state index contributed by atoms with van der Waals surface area (Å²) in [6.07, 6.45) is 4.95. The van der Waals surface area contributed by atoms with E-state index in [-0.39, 0.29) is 11.7 Å². The van der Waals surface area contributed by atoms with Gasteiger partial charge in [0.25, 0.3) is 5.69 Å². The Morgan fingerprint density at radius 2 is 2.08 bits per heavy atom. The smallest absolute Gasteiger partial charge is 0.273 e. The van der Waals surface area contributed by atoms with Gasteiger partial charge in [-0.15, -0.1) is 6.58 Å². The molecule has 6 rings (SSSR count). The van der Waals surface area contributed by atoms with Crippen LogP contribution >= 0.6 is 0 Å². The zero-order chi connectivity index (χ0) is 26.3. The van der Waals surface area contributed by atoms with Crippen LogP contribution in [0.5, 0.6) is 11.5 Å². The van der Waals surface area contributed by atoms with Crippen molar-refractivity contribution in [2.75, 3.05) is 27.3 Å². The van der Waals surface area contributed by atoms with Gasteiger partial charge in [-0.3, -0.25) is 15.1 Å². The lowest BCUT2D eigenvalue weighted by Crippen LogP contribution is -2.67. The van der Waals surface area contributed by atoms with Crippen LogP contribution in [-0.2, 0) is 6.54 Å². The fraction of sp³-hybridized carbons (Fsp3) is 0.414. The first kappa shape index (κ1) is 25.2. The number of nitrogens with zero attached hydrogens (tertiary/aromatic N) is 3. The van der Waals surface area contributed by atoms with Crippen molar-refractivity contribution in [1.82, 2.24) is 4.98 Å². The number of hydrogen-bond donors (Lipinski definition) is 1. The first-order valence-electron chi connectivity index (χ1n) is 12.7. The Kier molecular flexibility index (Phi) is 6.64. The van der Waals surface area contributed by atoms with E-state index >= 15 is 0 Å². The highest BCUT2D eigenvalue weighted by atomic mass is 16.6. The summed E-state index contributed by atoms with van der Waals surface area (Å²) in [6, 6.07) is 10.9. The SMILES string of the molecule is C=CC1C[N+]2(Cc3cc([N+](=O)[O-])cc(OC)c3OC)CCC1CC2C(O)c1ccnc2ccc(C)cc12. The second kappa shape index (κ2) is 9.76. The highest BCUT2D eigenvalue weighted by Crippen LogP contribution is 2.49. The first-order chi connectivity index (χ1) is 17.8. The van der Waals surface area contributed by atoms with Gasteiger partial charge in [-0.1, -0.05) is 17.7 Å². The average Bonchev–Trinajstić information content (AvgIpc) is 2.91. The fourth-order valence-electron chi connectivity index (χ4n) is 6.72. The zero-order valence-corrected chi connectivity index (χ0v) is 21.6. The molecule has 5 atom stereocenters. The molecule has 5 unspecified atom stereocenters. The van der Waals surface area contributed by atoms with Crippen LogP contribution in [0.15, 0.2) is 55.3 Å². The number of ether oxygens (including phenoxy) is 2. The molecule has 8 nitrogen and oxygen atoms in total. The standard InChI is InChI=1S/C29H34N3O5/c1-5-19-16-32(17-21-13-22(31(34)35)15-27(36-3)29(21)37-4)11-9-20(19)14-26(32)28(33)23-8-10-30-25-7-6-18(2)12-24(23)25/h5-8,10,12-13,15,19-20,26,28,33H,1,9,11,14,16-17H2,2-4H3/q+1. The van der Waals surface area contributed by atoms with Crippen molar-refractivity contribution in [1.29, 1.82) is 0 Å². The second-order valence-electron chi connectivity index (χ2n) is 10.5. The predicted octanol–water partition coefficient (Wildman–Crippen LogP) is 5.11. The molecule has 2 aromatic carbocycles. The van der Waals surface area contributed by atoms with Gasteiger partial charge in [0, 0.05) is 36.4 Å². The molecule has 4 heterocycles. The molecule has 3 saturated heterocycles. The highest BCUT2D eigenvalue weighted by molar-refractivity contribution is 5.83. The van der Waals surface area contributed by atoms with E-state index in [4.69, 9.17) is 9.47 Å². The summed E-state index contributed by atoms with van der Waals surface area (Å²) in [4.78, 5) is 15.8. The van der Waals surface area contributed by atoms with Crippen LogP contribution in [0.4, 0.5) is 5.69 Å². The van der Waals surface area contributed by atoms with E-state index in [1.54, 1.807) is 19.4 Å². The Morgan fingerprint density at radius 3 is 2.78 bits per heavy atom. The number of quaternary nitrogens is 1. The summed E-state index contributed by atoms with van der Waals surface area (Å²) in [5, 5.41) is 24.7. The summed E-state index contributed by atoms with van der Waals surface area (Å²) in [6.45, 7) is 8.31. The minimum atomic E-state index is -0.715. The van der Waals surface area contributed by atoms with Gasteiger partial charge in [0.1, 0.15) is 18.7 Å². The summed E-state index contributed by atoms with van der Waals surface area (Å²) in [7, 11) is 3.04. The molecule has 0 amide bonds. The van der Waals surface area contributed by atoms with Crippen molar-refractivity contribution in [3.63, 3.8) is 0 Å². The first-order valence-corrected chi connectivity index (χ1v) is 12.7. The summed E-state index contributed by atoms with van der Waals surface area (Å²) < 4.78 is 11.8. The van der Waals surface area contributed by atoms with E-state index in [2.05, 4.69) is 17.6 Å². The molecule has 0 spiro atoms. The van der Waals surface area contributed by atoms with E-state index in [9.17, 15) is 15.2 Å². The molecular weight excluding hydrogens is 470 g/mol. The lowest BCUT2D eigenvalue weighted by atomic mass is 9.71. The Labute approximate surface area is 216 Å². The third-order valence-electron chi connectivity index (χ3n) is 8.53. The molecule has 0 aliphatic carbocycles. The number of methoxy groups -OCH3 is 2. The van der Waals surface area contributed by atoms with Crippen molar-refractivity contribution in [2.45, 2.75) is 38.5 Å². The molecule has 3 aromatic rings. The van der Waals surface area contributed by atoms with Gasteiger partial charge in [-0.05, 0) is 36.6 Å². The van der Waals surface area contributed by atoms with Gasteiger partial charge in [-0.25, -0.2) is 0 Å². The maximum absolute atomic E-state index is 12.0. The van der Waals surface area contributed by atoms with Crippen molar-refractivity contribution in [3.05, 3.63) is 82.1 Å². The number of aliphatic hydroxyl groups is 1. The van der Waals surface area contributed by atoms with E-state index < -0.39 is 11.0 Å². The molecule has 0 saturated carbocycles. The minimum Gasteiger partial charge on any atom is -0.493 e. The summed E-state index contributed by atoms with van der Waals surface area (Å²) >= 11 is 0. The molecule has 3 fully saturated rings. The number of rotatable bonds is 8. The van der Waals surface area contributed by atoms with Crippen LogP contribution in [0.2, 0.25) is 0 Å². The Morgan fingerprint density at radius 1 is 1.27 bits per heavy atom. The van der Waals surface area contributed by atoms with E-state index in [0.29, 0.717) is 39.9 Å². The molecule has 37 heavy (non-hydrogen) atoms. The maximum Gasteiger partial charge on any atom is 0.273 e. The number of pyridine rings is 1. The largest absolute Gasteiger partial charge is 0.493 e. The normalized spacial score (nSPS) is 25.6. The molecular formula is C29H34N3O5+. The minimum absolute atomic E-state index is 0.0364. The number of nitro benzene ring substituents is 1. The van der Waals surface area contributed by atoms with E-state index in [1.165, 1.54) is 13.2 Å². The number of nitro groups is 1. The van der Waals surface area contributed by atoms with Gasteiger partial charge in [0.2, 0.25) is 0 Å². The number of non-ortho nitro benzene ring substituents is 1. The number of benzene rings is 2. The number of hydrogen-bond acceptors (Lipinski definition) is 6. The molecule has 1 aromatic heterocycles. The van der Waals surface area contributed by atoms with Gasteiger partial charge in [0.15, 0.2) is 11.5 Å². The van der Waals surface area contributed by atoms with Gasteiger partial charge in [-0.2, -0.15) is 0 Å². The second-order valence-corrected chi connectivity index (χ2v) is 10.5. The Balaban J connectivity index is 1.62. The predicted molar refractivity (Wildman–Crippen MR) is 142 cm³/mol. The fourth-order valence-corrected chi connectivity index (χ4v) is 6.72. The number of piperidine rings is 3. The number of aromatic nitrogens is 1. The molecule has 2 bridgehead atoms. The number of aryl methyl sites for hydroxylation is 1. The van der Waals surface area contributed by atoms with Gasteiger partial charge >= 0.3 is 0 Å². The van der Waals surface area contributed by atoms with Gasteiger partial charge < -0.3 is 19.1 Å². The van der Waals surface area contributed by atoms with Crippen LogP contribution in [0.3, 0.4) is 0 Å². The Bertz CT molecular complexity index is 1360. The third-order valence-corrected chi connectivity index (χ3v) is 8.53. The van der Waals surface area contributed by atoms with E-state index in [1.807, 2.05) is 31.2 Å². The molecule has 0 radical (unpaired) electrons. The number of aliphatic hydroxyl groups excluding tert-OH is 1. The highest BCUT2D eigenvalue weighted by Gasteiger charge is 2.54. The van der Waals surface area contributed by atoms with Crippen LogP contribution in [-0.4, -0.2) is 52.8 Å². The van der Waals surface area contributed by atoms with Crippen LogP contribution in [0, 0.1) is 28.9 Å². The van der Waals surface area contributed by atoms with Crippen molar-refractivity contribution in [3.8, 4) is 11.5 Å². The van der Waals surface area contributed by atoms with Gasteiger partial charge in [0.05, 0.1) is 49.4 Å². The quantitative estimate of drug-likeness (QED) is 0.198. The van der Waals surface area contributed by atoms with Crippen molar-refractivity contribution < 1.29 is 24.0 Å². The van der Waals surface area contributed by atoms with Crippen LogP contribution in [0.1, 0.15) is 35.6 Å². The zero-order valence-electron chi connectivity index (χ0n) is 21.6. The maximum atomic E-state index is 12.0. The van der Waals surface area contributed by atoms with Crippen LogP contribution < -0.4 is 9.47 Å². The molecule has 3 aliphatic heterocycles.